The van der Waals surface area contributed by atoms with Gasteiger partial charge < -0.3 is 9.47 Å². The van der Waals surface area contributed by atoms with E-state index in [1.54, 1.807) is 18.2 Å². The lowest BCUT2D eigenvalue weighted by Crippen LogP contribution is -2.12. The number of benzene rings is 1. The highest BCUT2D eigenvalue weighted by Gasteiger charge is 2.09. The Morgan fingerprint density at radius 1 is 1.33 bits per heavy atom. The van der Waals surface area contributed by atoms with Crippen LogP contribution >= 0.6 is 11.6 Å². The maximum Gasteiger partial charge on any atom is 0.326 e. The molecule has 1 aromatic rings. The molecule has 3 nitrogen and oxygen atoms in total. The zero-order valence-corrected chi connectivity index (χ0v) is 9.45. The molecule has 0 atom stereocenters. The third kappa shape index (κ3) is 3.80. The third-order valence-electron chi connectivity index (χ3n) is 1.54. The van der Waals surface area contributed by atoms with Crippen LogP contribution in [-0.2, 0) is 4.79 Å². The summed E-state index contributed by atoms with van der Waals surface area (Å²) in [6.07, 6.45) is 0.0286. The van der Waals surface area contributed by atoms with E-state index in [0.717, 1.165) is 0 Å². The van der Waals surface area contributed by atoms with E-state index in [1.165, 1.54) is 0 Å². The average molecular weight is 229 g/mol. The molecule has 0 aromatic heterocycles. The van der Waals surface area contributed by atoms with Crippen LogP contribution in [0, 0.1) is 0 Å². The number of carbonyl (C=O) groups is 1. The highest BCUT2D eigenvalue weighted by Crippen LogP contribution is 2.27. The summed E-state index contributed by atoms with van der Waals surface area (Å²) in [5, 5.41) is 0. The normalized spacial score (nSPS) is 10.1. The van der Waals surface area contributed by atoms with Crippen molar-refractivity contribution in [3.63, 3.8) is 0 Å². The fraction of sp³-hybridized carbons (Fsp3) is 0.364. The maximum atomic E-state index is 11.0. The second-order valence-corrected chi connectivity index (χ2v) is 3.49. The molecule has 0 fully saturated rings. The molecule has 4 heteroatoms. The van der Waals surface area contributed by atoms with Crippen molar-refractivity contribution < 1.29 is 14.3 Å². The molecule has 82 valence electrons. The molecule has 0 N–H and O–H groups in total. The predicted octanol–water partition coefficient (Wildman–Crippen LogP) is 2.62. The summed E-state index contributed by atoms with van der Waals surface area (Å²) >= 11 is 5.34. The van der Waals surface area contributed by atoms with Crippen LogP contribution in [0.15, 0.2) is 24.3 Å². The summed E-state index contributed by atoms with van der Waals surface area (Å²) in [7, 11) is 0. The standard InChI is InChI=1S/C11H13ClO3/c1-8(2)14-9-5-3-4-6-10(9)15-11(13)7-12/h3-6,8H,7H2,1-2H3. The maximum absolute atomic E-state index is 11.0. The molecule has 0 spiro atoms. The number of halogens is 1. The summed E-state index contributed by atoms with van der Waals surface area (Å²) in [6.45, 7) is 3.81. The van der Waals surface area contributed by atoms with Crippen molar-refractivity contribution in [3.05, 3.63) is 24.3 Å². The van der Waals surface area contributed by atoms with Crippen LogP contribution in [-0.4, -0.2) is 18.0 Å². The first-order valence-corrected chi connectivity index (χ1v) is 5.19. The van der Waals surface area contributed by atoms with Gasteiger partial charge in [-0.2, -0.15) is 0 Å². The molecule has 0 aliphatic heterocycles. The van der Waals surface area contributed by atoms with Crippen molar-refractivity contribution in [2.75, 3.05) is 5.88 Å². The van der Waals surface area contributed by atoms with Crippen LogP contribution in [0.1, 0.15) is 13.8 Å². The number of para-hydroxylation sites is 2. The summed E-state index contributed by atoms with van der Waals surface area (Å²) < 4.78 is 10.5. The van der Waals surface area contributed by atoms with Gasteiger partial charge in [0.15, 0.2) is 11.5 Å². The van der Waals surface area contributed by atoms with Crippen molar-refractivity contribution in [3.8, 4) is 11.5 Å². The zero-order chi connectivity index (χ0) is 11.3. The number of carbonyl (C=O) groups excluding carboxylic acids is 1. The van der Waals surface area contributed by atoms with E-state index < -0.39 is 5.97 Å². The monoisotopic (exact) mass is 228 g/mol. The number of ether oxygens (including phenoxy) is 2. The zero-order valence-electron chi connectivity index (χ0n) is 8.70. The Morgan fingerprint density at radius 3 is 2.47 bits per heavy atom. The first-order chi connectivity index (χ1) is 7.13. The van der Waals surface area contributed by atoms with E-state index in [1.807, 2.05) is 19.9 Å². The van der Waals surface area contributed by atoms with Gasteiger partial charge in [-0.1, -0.05) is 12.1 Å². The summed E-state index contributed by atoms with van der Waals surface area (Å²) in [5.74, 6) is 0.287. The van der Waals surface area contributed by atoms with Gasteiger partial charge in [0.05, 0.1) is 6.10 Å². The fourth-order valence-electron chi connectivity index (χ4n) is 1.04. The molecular formula is C11H13ClO3. The molecular weight excluding hydrogens is 216 g/mol. The molecule has 0 amide bonds. The van der Waals surface area contributed by atoms with Gasteiger partial charge in [0.25, 0.3) is 0 Å². The van der Waals surface area contributed by atoms with Crippen LogP contribution in [0.25, 0.3) is 0 Å². The number of alkyl halides is 1. The van der Waals surface area contributed by atoms with E-state index >= 15 is 0 Å². The largest absolute Gasteiger partial charge is 0.487 e. The lowest BCUT2D eigenvalue weighted by molar-refractivity contribution is -0.131. The predicted molar refractivity (Wildman–Crippen MR) is 58.6 cm³/mol. The Bertz CT molecular complexity index is 336. The molecule has 15 heavy (non-hydrogen) atoms. The molecule has 0 unspecified atom stereocenters. The molecule has 0 saturated carbocycles. The van der Waals surface area contributed by atoms with Crippen molar-refractivity contribution in [1.82, 2.24) is 0 Å². The topological polar surface area (TPSA) is 35.5 Å². The Morgan fingerprint density at radius 2 is 1.93 bits per heavy atom. The number of hydrogen-bond acceptors (Lipinski definition) is 3. The molecule has 1 rings (SSSR count). The van der Waals surface area contributed by atoms with Crippen LogP contribution < -0.4 is 9.47 Å². The van der Waals surface area contributed by atoms with Gasteiger partial charge in [-0.05, 0) is 26.0 Å². The van der Waals surface area contributed by atoms with Gasteiger partial charge in [-0.25, -0.2) is 0 Å². The molecule has 0 heterocycles. The Kier molecular flexibility index (Phi) is 4.43. The first kappa shape index (κ1) is 11.9. The lowest BCUT2D eigenvalue weighted by atomic mass is 10.3. The lowest BCUT2D eigenvalue weighted by Gasteiger charge is -2.13. The molecule has 0 bridgehead atoms. The van der Waals surface area contributed by atoms with Crippen molar-refractivity contribution >= 4 is 17.6 Å². The van der Waals surface area contributed by atoms with Crippen LogP contribution in [0.5, 0.6) is 11.5 Å². The molecule has 0 radical (unpaired) electrons. The molecule has 0 aliphatic carbocycles. The Hall–Kier alpha value is -1.22. The molecule has 1 aromatic carbocycles. The van der Waals surface area contributed by atoms with Gasteiger partial charge in [0.1, 0.15) is 5.88 Å². The van der Waals surface area contributed by atoms with Gasteiger partial charge in [0, 0.05) is 0 Å². The highest BCUT2D eigenvalue weighted by molar-refractivity contribution is 6.26. The van der Waals surface area contributed by atoms with E-state index in [2.05, 4.69) is 0 Å². The van der Waals surface area contributed by atoms with E-state index in [0.29, 0.717) is 11.5 Å². The second-order valence-electron chi connectivity index (χ2n) is 3.22. The van der Waals surface area contributed by atoms with Gasteiger partial charge in [-0.15, -0.1) is 11.6 Å². The number of rotatable bonds is 4. The SMILES string of the molecule is CC(C)Oc1ccccc1OC(=O)CCl. The number of hydrogen-bond donors (Lipinski definition) is 0. The van der Waals surface area contributed by atoms with Crippen molar-refractivity contribution in [2.45, 2.75) is 20.0 Å². The van der Waals surface area contributed by atoms with E-state index in [9.17, 15) is 4.79 Å². The first-order valence-electron chi connectivity index (χ1n) is 4.66. The Balaban J connectivity index is 2.81. The summed E-state index contributed by atoms with van der Waals surface area (Å²) in [4.78, 5) is 11.0. The van der Waals surface area contributed by atoms with Crippen molar-refractivity contribution in [1.29, 1.82) is 0 Å². The van der Waals surface area contributed by atoms with E-state index in [4.69, 9.17) is 21.1 Å². The average Bonchev–Trinajstić information content (AvgIpc) is 2.20. The quantitative estimate of drug-likeness (QED) is 0.452. The van der Waals surface area contributed by atoms with Crippen LogP contribution in [0.4, 0.5) is 0 Å². The van der Waals surface area contributed by atoms with Gasteiger partial charge in [-0.3, -0.25) is 4.79 Å². The minimum Gasteiger partial charge on any atom is -0.487 e. The summed E-state index contributed by atoms with van der Waals surface area (Å²) in [6, 6.07) is 7.00. The van der Waals surface area contributed by atoms with Crippen LogP contribution in [0.2, 0.25) is 0 Å². The summed E-state index contributed by atoms with van der Waals surface area (Å²) in [5.41, 5.74) is 0. The van der Waals surface area contributed by atoms with E-state index in [-0.39, 0.29) is 12.0 Å². The van der Waals surface area contributed by atoms with Crippen LogP contribution in [0.3, 0.4) is 0 Å². The van der Waals surface area contributed by atoms with Gasteiger partial charge >= 0.3 is 5.97 Å². The second kappa shape index (κ2) is 5.61. The fourth-order valence-corrected chi connectivity index (χ4v) is 1.09. The third-order valence-corrected chi connectivity index (χ3v) is 1.76. The minimum absolute atomic E-state index is 0.0286. The number of esters is 1. The highest BCUT2D eigenvalue weighted by atomic mass is 35.5. The minimum atomic E-state index is -0.489. The smallest absolute Gasteiger partial charge is 0.326 e. The molecule has 0 saturated heterocycles. The van der Waals surface area contributed by atoms with Gasteiger partial charge in [0.2, 0.25) is 0 Å². The van der Waals surface area contributed by atoms with Crippen molar-refractivity contribution in [2.24, 2.45) is 0 Å². The Labute approximate surface area is 93.9 Å². The molecule has 0 aliphatic rings.